The number of hydrogen-bond donors (Lipinski definition) is 3. The summed E-state index contributed by atoms with van der Waals surface area (Å²) in [5.41, 5.74) is 0. The highest BCUT2D eigenvalue weighted by atomic mass is 31.2. The molecule has 0 aliphatic heterocycles. The van der Waals surface area contributed by atoms with Gasteiger partial charge in [-0.15, -0.1) is 0 Å². The van der Waals surface area contributed by atoms with Gasteiger partial charge in [0.05, 0.1) is 26.4 Å². The molecule has 17 nitrogen and oxygen atoms in total. The first kappa shape index (κ1) is 89.1. The van der Waals surface area contributed by atoms with E-state index in [2.05, 4.69) is 48.5 Å². The molecule has 3 N–H and O–H groups in total. The molecule has 6 atom stereocenters. The van der Waals surface area contributed by atoms with Crippen LogP contribution in [0.1, 0.15) is 363 Å². The molecule has 0 bridgehead atoms. The van der Waals surface area contributed by atoms with Crippen LogP contribution in [0.15, 0.2) is 0 Å². The summed E-state index contributed by atoms with van der Waals surface area (Å²) in [6, 6.07) is 0. The summed E-state index contributed by atoms with van der Waals surface area (Å²) < 4.78 is 68.3. The maximum absolute atomic E-state index is 13.0. The number of esters is 4. The summed E-state index contributed by atoms with van der Waals surface area (Å²) in [6.45, 7) is 11.8. The molecule has 0 heterocycles. The van der Waals surface area contributed by atoms with E-state index in [1.165, 1.54) is 173 Å². The summed E-state index contributed by atoms with van der Waals surface area (Å²) in [5.74, 6) is 0.161. The van der Waals surface area contributed by atoms with Crippen LogP contribution in [-0.2, 0) is 65.4 Å². The Morgan fingerprint density at radius 3 is 0.835 bits per heavy atom. The number of carbonyl (C=O) groups is 4. The Bertz CT molecular complexity index is 1790. The van der Waals surface area contributed by atoms with Crippen molar-refractivity contribution in [1.29, 1.82) is 0 Å². The highest BCUT2D eigenvalue weighted by Gasteiger charge is 2.30. The molecule has 0 saturated heterocycles. The van der Waals surface area contributed by atoms with Crippen molar-refractivity contribution in [1.82, 2.24) is 0 Å². The second-order valence-corrected chi connectivity index (χ2v) is 30.1. The highest BCUT2D eigenvalue weighted by molar-refractivity contribution is 7.47. The lowest BCUT2D eigenvalue weighted by atomic mass is 10.00. The minimum Gasteiger partial charge on any atom is -0.462 e. The van der Waals surface area contributed by atoms with Gasteiger partial charge in [-0.1, -0.05) is 312 Å². The maximum atomic E-state index is 13.0. The lowest BCUT2D eigenvalue weighted by Gasteiger charge is -2.21. The molecule has 0 aromatic carbocycles. The third kappa shape index (κ3) is 65.1. The lowest BCUT2D eigenvalue weighted by Crippen LogP contribution is -2.30. The normalized spacial score (nSPS) is 14.5. The predicted molar refractivity (Wildman–Crippen MR) is 368 cm³/mol. The molecule has 0 fully saturated rings. The van der Waals surface area contributed by atoms with Gasteiger partial charge in [0.2, 0.25) is 0 Å². The van der Waals surface area contributed by atoms with Crippen LogP contribution in [0.25, 0.3) is 0 Å². The average molecular weight is 1340 g/mol. The van der Waals surface area contributed by atoms with Crippen LogP contribution in [0.5, 0.6) is 0 Å². The monoisotopic (exact) mass is 1340 g/mol. The first-order chi connectivity index (χ1) is 43.8. The Labute approximate surface area is 556 Å². The number of aliphatic hydroxyl groups excluding tert-OH is 1. The fourth-order valence-corrected chi connectivity index (χ4v) is 12.4. The van der Waals surface area contributed by atoms with Gasteiger partial charge in [0.15, 0.2) is 12.2 Å². The molecule has 0 saturated carbocycles. The maximum Gasteiger partial charge on any atom is 0.472 e. The molecule has 0 aliphatic rings. The van der Waals surface area contributed by atoms with Gasteiger partial charge >= 0.3 is 39.5 Å². The summed E-state index contributed by atoms with van der Waals surface area (Å²) in [4.78, 5) is 72.5. The van der Waals surface area contributed by atoms with E-state index >= 15 is 0 Å². The van der Waals surface area contributed by atoms with Crippen LogP contribution >= 0.6 is 15.6 Å². The third-order valence-corrected chi connectivity index (χ3v) is 18.9. The molecular weight excluding hydrogens is 1200 g/mol. The van der Waals surface area contributed by atoms with Crippen molar-refractivity contribution in [2.24, 2.45) is 17.8 Å². The Balaban J connectivity index is 5.21. The van der Waals surface area contributed by atoms with Gasteiger partial charge in [0.1, 0.15) is 19.3 Å². The fraction of sp³-hybridized carbons (Fsp3) is 0.944. The molecule has 0 rings (SSSR count). The van der Waals surface area contributed by atoms with Crippen molar-refractivity contribution in [3.8, 4) is 0 Å². The Kier molecular flexibility index (Phi) is 61.5. The average Bonchev–Trinajstić information content (AvgIpc) is 2.72. The van der Waals surface area contributed by atoms with E-state index < -0.39 is 97.5 Å². The molecule has 0 aromatic heterocycles. The van der Waals surface area contributed by atoms with E-state index in [-0.39, 0.29) is 25.7 Å². The van der Waals surface area contributed by atoms with Gasteiger partial charge in [-0.25, -0.2) is 9.13 Å². The highest BCUT2D eigenvalue weighted by Crippen LogP contribution is 2.45. The number of rotatable bonds is 70. The second kappa shape index (κ2) is 62.8. The number of unbranched alkanes of at least 4 members (excludes halogenated alkanes) is 37. The largest absolute Gasteiger partial charge is 0.472 e. The molecule has 0 spiro atoms. The summed E-state index contributed by atoms with van der Waals surface area (Å²) in [5, 5.41) is 10.6. The number of ether oxygens (including phenoxy) is 4. The van der Waals surface area contributed by atoms with E-state index in [1.807, 2.05) is 0 Å². The summed E-state index contributed by atoms with van der Waals surface area (Å²) in [6.07, 6.45) is 47.3. The smallest absolute Gasteiger partial charge is 0.462 e. The van der Waals surface area contributed by atoms with Crippen molar-refractivity contribution < 1.29 is 80.2 Å². The summed E-state index contributed by atoms with van der Waals surface area (Å²) in [7, 11) is -9.90. The lowest BCUT2D eigenvalue weighted by molar-refractivity contribution is -0.161. The number of carbonyl (C=O) groups excluding carboxylic acids is 4. The number of hydrogen-bond acceptors (Lipinski definition) is 15. The number of phosphoric acid groups is 2. The topological polar surface area (TPSA) is 237 Å². The molecule has 19 heteroatoms. The molecule has 0 aromatic rings. The van der Waals surface area contributed by atoms with Gasteiger partial charge in [0.25, 0.3) is 0 Å². The predicted octanol–water partition coefficient (Wildman–Crippen LogP) is 20.6. The summed E-state index contributed by atoms with van der Waals surface area (Å²) >= 11 is 0. The van der Waals surface area contributed by atoms with Gasteiger partial charge < -0.3 is 33.8 Å². The molecule has 0 aliphatic carbocycles. The molecule has 540 valence electrons. The molecule has 91 heavy (non-hydrogen) atoms. The Hall–Kier alpha value is -1.94. The standard InChI is InChI=1S/C72H140O17P2/c1-8-10-11-12-13-24-31-39-46-53-69(74)82-60-68(89-72(77)56-49-42-35-34-38-45-52-65(7)9-2)62-87-91(80,81)85-58-66(73)57-84-90(78,79)86-61-67(59-83-70(75)54-47-40-32-27-23-22-26-30-37-44-51-64(5)6)88-71(76)55-48-41-33-28-21-19-17-15-14-16-18-20-25-29-36-43-50-63(3)4/h63-68,73H,8-62H2,1-7H3,(H,78,79)(H,80,81)/t65?,66-,67-,68-/m1/s1. The van der Waals surface area contributed by atoms with Crippen LogP contribution < -0.4 is 0 Å². The fourth-order valence-electron chi connectivity index (χ4n) is 10.9. The van der Waals surface area contributed by atoms with Crippen LogP contribution in [0, 0.1) is 17.8 Å². The molecule has 3 unspecified atom stereocenters. The van der Waals surface area contributed by atoms with E-state index in [1.54, 1.807) is 0 Å². The van der Waals surface area contributed by atoms with Gasteiger partial charge in [-0.05, 0) is 43.4 Å². The quantitative estimate of drug-likeness (QED) is 0.0222. The minimum atomic E-state index is -4.95. The van der Waals surface area contributed by atoms with E-state index in [9.17, 15) is 43.2 Å². The van der Waals surface area contributed by atoms with Crippen molar-refractivity contribution in [3.63, 3.8) is 0 Å². The zero-order chi connectivity index (χ0) is 67.3. The SMILES string of the molecule is CCCCCCCCCCCC(=O)OC[C@H](COP(=O)(O)OC[C@H](O)COP(=O)(O)OC[C@@H](COC(=O)CCCCCCCCCCCCC(C)C)OC(=O)CCCCCCCCCCCCCCCCCCC(C)C)OC(=O)CCCCCCCCC(C)CC. The Morgan fingerprint density at radius 1 is 0.319 bits per heavy atom. The van der Waals surface area contributed by atoms with Crippen molar-refractivity contribution in [3.05, 3.63) is 0 Å². The van der Waals surface area contributed by atoms with E-state index in [4.69, 9.17) is 37.0 Å². The molecule has 0 radical (unpaired) electrons. The van der Waals surface area contributed by atoms with Gasteiger partial charge in [-0.2, -0.15) is 0 Å². The van der Waals surface area contributed by atoms with Gasteiger partial charge in [0, 0.05) is 25.7 Å². The van der Waals surface area contributed by atoms with Crippen molar-refractivity contribution in [2.45, 2.75) is 381 Å². The van der Waals surface area contributed by atoms with Crippen LogP contribution in [0.3, 0.4) is 0 Å². The van der Waals surface area contributed by atoms with Crippen LogP contribution in [-0.4, -0.2) is 96.7 Å². The third-order valence-electron chi connectivity index (χ3n) is 17.0. The first-order valence-electron chi connectivity index (χ1n) is 37.4. The zero-order valence-corrected chi connectivity index (χ0v) is 61.1. The van der Waals surface area contributed by atoms with Gasteiger partial charge in [-0.3, -0.25) is 37.3 Å². The first-order valence-corrected chi connectivity index (χ1v) is 40.4. The van der Waals surface area contributed by atoms with Crippen molar-refractivity contribution >= 4 is 39.5 Å². The molecular formula is C72H140O17P2. The number of phosphoric ester groups is 2. The minimum absolute atomic E-state index is 0.103. The van der Waals surface area contributed by atoms with Crippen molar-refractivity contribution in [2.75, 3.05) is 39.6 Å². The second-order valence-electron chi connectivity index (χ2n) is 27.2. The zero-order valence-electron chi connectivity index (χ0n) is 59.3. The van der Waals surface area contributed by atoms with Crippen LogP contribution in [0.2, 0.25) is 0 Å². The molecule has 0 amide bonds. The van der Waals surface area contributed by atoms with E-state index in [0.717, 1.165) is 108 Å². The van der Waals surface area contributed by atoms with Crippen LogP contribution in [0.4, 0.5) is 0 Å². The van der Waals surface area contributed by atoms with E-state index in [0.29, 0.717) is 25.7 Å². The number of aliphatic hydroxyl groups is 1. The Morgan fingerprint density at radius 2 is 0.560 bits per heavy atom.